The van der Waals surface area contributed by atoms with E-state index < -0.39 is 0 Å². The predicted octanol–water partition coefficient (Wildman–Crippen LogP) is 2.23. The SMILES string of the molecule is NCc1ccnc(C(=O)NCc2ccccc2Br)c1. The van der Waals surface area contributed by atoms with Crippen LogP contribution in [0.4, 0.5) is 0 Å². The van der Waals surface area contributed by atoms with Crippen LogP contribution in [0.2, 0.25) is 0 Å². The molecule has 98 valence electrons. The average molecular weight is 320 g/mol. The molecular weight excluding hydrogens is 306 g/mol. The summed E-state index contributed by atoms with van der Waals surface area (Å²) in [6.45, 7) is 0.849. The lowest BCUT2D eigenvalue weighted by molar-refractivity contribution is 0.0946. The maximum Gasteiger partial charge on any atom is 0.270 e. The van der Waals surface area contributed by atoms with Crippen molar-refractivity contribution >= 4 is 21.8 Å². The number of amides is 1. The van der Waals surface area contributed by atoms with Crippen molar-refractivity contribution in [2.45, 2.75) is 13.1 Å². The van der Waals surface area contributed by atoms with Gasteiger partial charge in [0.1, 0.15) is 5.69 Å². The molecule has 0 aliphatic heterocycles. The maximum absolute atomic E-state index is 12.0. The zero-order chi connectivity index (χ0) is 13.7. The number of rotatable bonds is 4. The van der Waals surface area contributed by atoms with Gasteiger partial charge < -0.3 is 11.1 Å². The highest BCUT2D eigenvalue weighted by Gasteiger charge is 2.08. The van der Waals surface area contributed by atoms with Gasteiger partial charge in [-0.3, -0.25) is 9.78 Å². The van der Waals surface area contributed by atoms with Crippen molar-refractivity contribution in [2.24, 2.45) is 5.73 Å². The highest BCUT2D eigenvalue weighted by Crippen LogP contribution is 2.15. The molecule has 19 heavy (non-hydrogen) atoms. The zero-order valence-corrected chi connectivity index (χ0v) is 11.9. The number of halogens is 1. The lowest BCUT2D eigenvalue weighted by atomic mass is 10.2. The van der Waals surface area contributed by atoms with Gasteiger partial charge in [-0.2, -0.15) is 0 Å². The predicted molar refractivity (Wildman–Crippen MR) is 77.4 cm³/mol. The number of nitrogens with zero attached hydrogens (tertiary/aromatic N) is 1. The molecule has 0 unspecified atom stereocenters. The molecule has 2 aromatic rings. The van der Waals surface area contributed by atoms with Crippen LogP contribution in [0, 0.1) is 0 Å². The Hall–Kier alpha value is -1.72. The average Bonchev–Trinajstić information content (AvgIpc) is 2.46. The molecular formula is C14H14BrN3O. The van der Waals surface area contributed by atoms with Gasteiger partial charge in [-0.15, -0.1) is 0 Å². The number of carbonyl (C=O) groups excluding carboxylic acids is 1. The van der Waals surface area contributed by atoms with Crippen molar-refractivity contribution in [1.82, 2.24) is 10.3 Å². The number of nitrogens with two attached hydrogens (primary N) is 1. The Balaban J connectivity index is 2.03. The molecule has 0 atom stereocenters. The van der Waals surface area contributed by atoms with Crippen LogP contribution in [0.25, 0.3) is 0 Å². The third-order valence-corrected chi connectivity index (χ3v) is 3.46. The fourth-order valence-corrected chi connectivity index (χ4v) is 2.06. The van der Waals surface area contributed by atoms with Crippen LogP contribution in [0.5, 0.6) is 0 Å². The normalized spacial score (nSPS) is 10.2. The Morgan fingerprint density at radius 2 is 2.11 bits per heavy atom. The van der Waals surface area contributed by atoms with Crippen molar-refractivity contribution < 1.29 is 4.79 Å². The third-order valence-electron chi connectivity index (χ3n) is 2.69. The first-order valence-corrected chi connectivity index (χ1v) is 6.66. The number of carbonyl (C=O) groups is 1. The molecule has 0 bridgehead atoms. The van der Waals surface area contributed by atoms with E-state index in [1.807, 2.05) is 24.3 Å². The zero-order valence-electron chi connectivity index (χ0n) is 10.3. The number of pyridine rings is 1. The van der Waals surface area contributed by atoms with E-state index in [1.165, 1.54) is 0 Å². The molecule has 0 aliphatic rings. The van der Waals surface area contributed by atoms with Crippen LogP contribution in [0.3, 0.4) is 0 Å². The summed E-state index contributed by atoms with van der Waals surface area (Å²) in [7, 11) is 0. The standard InChI is InChI=1S/C14H14BrN3O/c15-12-4-2-1-3-11(12)9-18-14(19)13-7-10(8-16)5-6-17-13/h1-7H,8-9,16H2,(H,18,19). The van der Waals surface area contributed by atoms with Gasteiger partial charge in [-0.25, -0.2) is 0 Å². The summed E-state index contributed by atoms with van der Waals surface area (Å²) in [5.41, 5.74) is 7.83. The molecule has 1 aromatic heterocycles. The molecule has 0 radical (unpaired) electrons. The number of nitrogens with one attached hydrogen (secondary N) is 1. The Bertz CT molecular complexity index is 586. The van der Waals surface area contributed by atoms with Gasteiger partial charge in [0, 0.05) is 23.8 Å². The third kappa shape index (κ3) is 3.62. The molecule has 2 rings (SSSR count). The highest BCUT2D eigenvalue weighted by molar-refractivity contribution is 9.10. The molecule has 1 aromatic carbocycles. The minimum Gasteiger partial charge on any atom is -0.347 e. The fraction of sp³-hybridized carbons (Fsp3) is 0.143. The summed E-state index contributed by atoms with van der Waals surface area (Å²) < 4.78 is 0.971. The van der Waals surface area contributed by atoms with E-state index >= 15 is 0 Å². The number of hydrogen-bond acceptors (Lipinski definition) is 3. The van der Waals surface area contributed by atoms with Gasteiger partial charge in [0.05, 0.1) is 0 Å². The summed E-state index contributed by atoms with van der Waals surface area (Å²) in [5.74, 6) is -0.203. The molecule has 1 heterocycles. The van der Waals surface area contributed by atoms with Crippen LogP contribution in [-0.2, 0) is 13.1 Å². The van der Waals surface area contributed by atoms with Crippen molar-refractivity contribution in [3.8, 4) is 0 Å². The second-order valence-electron chi connectivity index (χ2n) is 4.03. The van der Waals surface area contributed by atoms with Crippen molar-refractivity contribution in [1.29, 1.82) is 0 Å². The number of aromatic nitrogens is 1. The summed E-state index contributed by atoms with van der Waals surface area (Å²) in [5, 5.41) is 2.84. The second kappa shape index (κ2) is 6.45. The van der Waals surface area contributed by atoms with Gasteiger partial charge in [-0.05, 0) is 29.3 Å². The summed E-state index contributed by atoms with van der Waals surface area (Å²) in [6.07, 6.45) is 1.59. The Morgan fingerprint density at radius 1 is 1.32 bits per heavy atom. The van der Waals surface area contributed by atoms with E-state index in [1.54, 1.807) is 18.3 Å². The largest absolute Gasteiger partial charge is 0.347 e. The first-order valence-electron chi connectivity index (χ1n) is 5.87. The van der Waals surface area contributed by atoms with Gasteiger partial charge >= 0.3 is 0 Å². The Labute approximate surface area is 120 Å². The van der Waals surface area contributed by atoms with Gasteiger partial charge in [0.15, 0.2) is 0 Å². The van der Waals surface area contributed by atoms with Crippen LogP contribution < -0.4 is 11.1 Å². The van der Waals surface area contributed by atoms with Crippen LogP contribution in [0.15, 0.2) is 47.1 Å². The summed E-state index contributed by atoms with van der Waals surface area (Å²) in [6, 6.07) is 11.3. The molecule has 0 saturated heterocycles. The maximum atomic E-state index is 12.0. The van der Waals surface area contributed by atoms with Crippen molar-refractivity contribution in [2.75, 3.05) is 0 Å². The summed E-state index contributed by atoms with van der Waals surface area (Å²) in [4.78, 5) is 16.0. The molecule has 5 heteroatoms. The van der Waals surface area contributed by atoms with Crippen molar-refractivity contribution in [3.63, 3.8) is 0 Å². The van der Waals surface area contributed by atoms with Crippen LogP contribution in [-0.4, -0.2) is 10.9 Å². The minimum absolute atomic E-state index is 0.203. The topological polar surface area (TPSA) is 68.0 Å². The molecule has 0 fully saturated rings. The van der Waals surface area contributed by atoms with Gasteiger partial charge in [-0.1, -0.05) is 34.1 Å². The lowest BCUT2D eigenvalue weighted by Crippen LogP contribution is -2.24. The van der Waals surface area contributed by atoms with Crippen molar-refractivity contribution in [3.05, 3.63) is 63.9 Å². The minimum atomic E-state index is -0.203. The van der Waals surface area contributed by atoms with E-state index in [-0.39, 0.29) is 5.91 Å². The Kier molecular flexibility index (Phi) is 4.65. The lowest BCUT2D eigenvalue weighted by Gasteiger charge is -2.07. The van der Waals surface area contributed by atoms with E-state index in [9.17, 15) is 4.79 Å². The Morgan fingerprint density at radius 3 is 2.84 bits per heavy atom. The van der Waals surface area contributed by atoms with E-state index in [2.05, 4.69) is 26.2 Å². The quantitative estimate of drug-likeness (QED) is 0.908. The van der Waals surface area contributed by atoms with Crippen LogP contribution in [0.1, 0.15) is 21.6 Å². The molecule has 0 saturated carbocycles. The number of benzene rings is 1. The first-order chi connectivity index (χ1) is 9.20. The van der Waals surface area contributed by atoms with Gasteiger partial charge in [0.25, 0.3) is 5.91 Å². The first kappa shape index (κ1) is 13.7. The van der Waals surface area contributed by atoms with E-state index in [0.717, 1.165) is 15.6 Å². The molecule has 3 N–H and O–H groups in total. The van der Waals surface area contributed by atoms with E-state index in [0.29, 0.717) is 18.8 Å². The number of hydrogen-bond donors (Lipinski definition) is 2. The highest BCUT2D eigenvalue weighted by atomic mass is 79.9. The second-order valence-corrected chi connectivity index (χ2v) is 4.88. The van der Waals surface area contributed by atoms with E-state index in [4.69, 9.17) is 5.73 Å². The fourth-order valence-electron chi connectivity index (χ4n) is 1.63. The molecule has 1 amide bonds. The van der Waals surface area contributed by atoms with Crippen LogP contribution >= 0.6 is 15.9 Å². The molecule has 0 spiro atoms. The van der Waals surface area contributed by atoms with Gasteiger partial charge in [0.2, 0.25) is 0 Å². The molecule has 4 nitrogen and oxygen atoms in total. The monoisotopic (exact) mass is 319 g/mol. The molecule has 0 aliphatic carbocycles. The smallest absolute Gasteiger partial charge is 0.270 e. The summed E-state index contributed by atoms with van der Waals surface area (Å²) >= 11 is 3.44.